The van der Waals surface area contributed by atoms with Crippen LogP contribution >= 0.6 is 0 Å². The van der Waals surface area contributed by atoms with Gasteiger partial charge in [-0.25, -0.2) is 9.78 Å². The molecule has 0 radical (unpaired) electrons. The molecular weight excluding hydrogens is 382 g/mol. The lowest BCUT2D eigenvalue weighted by molar-refractivity contribution is -0.129. The van der Waals surface area contributed by atoms with Gasteiger partial charge < -0.3 is 19.7 Å². The minimum Gasteiger partial charge on any atom is -0.493 e. The van der Waals surface area contributed by atoms with Crippen LogP contribution in [0.25, 0.3) is 11.5 Å². The zero-order valence-corrected chi connectivity index (χ0v) is 16.8. The molecule has 1 aromatic heterocycles. The highest BCUT2D eigenvalue weighted by atomic mass is 16.5. The molecule has 1 atom stereocenters. The summed E-state index contributed by atoms with van der Waals surface area (Å²) in [4.78, 5) is 15.5. The summed E-state index contributed by atoms with van der Waals surface area (Å²) in [6.07, 6.45) is 0.571. The summed E-state index contributed by atoms with van der Waals surface area (Å²) in [5.74, 6) is 0.0117. The van der Waals surface area contributed by atoms with E-state index < -0.39 is 17.6 Å². The molecule has 3 N–H and O–H groups in total. The van der Waals surface area contributed by atoms with Crippen molar-refractivity contribution in [2.75, 3.05) is 6.61 Å². The van der Waals surface area contributed by atoms with E-state index in [0.29, 0.717) is 30.2 Å². The van der Waals surface area contributed by atoms with E-state index in [2.05, 4.69) is 4.98 Å². The molecule has 0 aliphatic heterocycles. The Morgan fingerprint density at radius 3 is 2.60 bits per heavy atom. The molecule has 0 saturated carbocycles. The number of carboxylic acids is 1. The van der Waals surface area contributed by atoms with Crippen molar-refractivity contribution in [2.24, 2.45) is 0 Å². The van der Waals surface area contributed by atoms with E-state index in [1.165, 1.54) is 0 Å². The highest BCUT2D eigenvalue weighted by Crippen LogP contribution is 2.24. The number of aromatic nitrogens is 1. The number of aryl methyl sites for hydroxylation is 1. The highest BCUT2D eigenvalue weighted by molar-refractivity contribution is 6.64. The summed E-state index contributed by atoms with van der Waals surface area (Å²) in [6.45, 7) is 3.96. The molecule has 0 aliphatic carbocycles. The number of ether oxygens (including phenoxy) is 1. The Bertz CT molecular complexity index is 1070. The first kappa shape index (κ1) is 21.0. The number of hydrogen-bond donors (Lipinski definition) is 3. The van der Waals surface area contributed by atoms with Crippen LogP contribution in [0, 0.1) is 17.7 Å². The van der Waals surface area contributed by atoms with Crippen molar-refractivity contribution in [3.8, 4) is 17.2 Å². The van der Waals surface area contributed by atoms with Crippen molar-refractivity contribution in [3.05, 3.63) is 71.6 Å². The van der Waals surface area contributed by atoms with Crippen LogP contribution in [-0.2, 0) is 11.2 Å². The van der Waals surface area contributed by atoms with E-state index in [9.17, 15) is 4.79 Å². The van der Waals surface area contributed by atoms with Crippen LogP contribution in [0.4, 0.5) is 0 Å². The minimum absolute atomic E-state index is 0.244. The Morgan fingerprint density at radius 1 is 1.17 bits per heavy atom. The predicted octanol–water partition coefficient (Wildman–Crippen LogP) is 4.50. The van der Waals surface area contributed by atoms with Gasteiger partial charge in [0.05, 0.1) is 18.0 Å². The zero-order valence-electron chi connectivity index (χ0n) is 16.8. The Balaban J connectivity index is 1.63. The third-order valence-corrected chi connectivity index (χ3v) is 4.80. The van der Waals surface area contributed by atoms with Crippen LogP contribution in [0.2, 0.25) is 0 Å². The SMILES string of the molecule is Cc1oc(-c2ccccc2)nc1CCOc1cccc(C(C)C(=N)C(=N)C(=O)O)c1. The summed E-state index contributed by atoms with van der Waals surface area (Å²) >= 11 is 0. The molecule has 0 bridgehead atoms. The second-order valence-corrected chi connectivity index (χ2v) is 6.87. The van der Waals surface area contributed by atoms with Crippen LogP contribution in [0.3, 0.4) is 0 Å². The Hall–Kier alpha value is -3.74. The largest absolute Gasteiger partial charge is 0.493 e. The van der Waals surface area contributed by atoms with Gasteiger partial charge in [-0.3, -0.25) is 5.41 Å². The number of nitrogens with zero attached hydrogens (tertiary/aromatic N) is 1. The molecule has 0 fully saturated rings. The minimum atomic E-state index is -1.41. The van der Waals surface area contributed by atoms with Crippen LogP contribution in [0.1, 0.15) is 29.9 Å². The highest BCUT2D eigenvalue weighted by Gasteiger charge is 2.21. The second-order valence-electron chi connectivity index (χ2n) is 6.87. The predicted molar refractivity (Wildman–Crippen MR) is 114 cm³/mol. The Morgan fingerprint density at radius 2 is 1.90 bits per heavy atom. The van der Waals surface area contributed by atoms with Crippen molar-refractivity contribution in [3.63, 3.8) is 0 Å². The van der Waals surface area contributed by atoms with Gasteiger partial charge >= 0.3 is 5.97 Å². The average molecular weight is 405 g/mol. The molecule has 0 spiro atoms. The van der Waals surface area contributed by atoms with Crippen LogP contribution in [-0.4, -0.2) is 34.1 Å². The average Bonchev–Trinajstić information content (AvgIpc) is 3.13. The molecule has 1 unspecified atom stereocenters. The fourth-order valence-electron chi connectivity index (χ4n) is 3.00. The number of carbonyl (C=O) groups is 1. The van der Waals surface area contributed by atoms with Crippen molar-refractivity contribution in [1.82, 2.24) is 4.98 Å². The first-order valence-corrected chi connectivity index (χ1v) is 9.52. The normalized spacial score (nSPS) is 11.7. The van der Waals surface area contributed by atoms with Gasteiger partial charge in [0.2, 0.25) is 5.89 Å². The lowest BCUT2D eigenvalue weighted by Gasteiger charge is -2.14. The number of carboxylic acid groups (broad SMARTS) is 1. The fraction of sp³-hybridized carbons (Fsp3) is 0.217. The monoisotopic (exact) mass is 405 g/mol. The van der Waals surface area contributed by atoms with Gasteiger partial charge in [0.25, 0.3) is 0 Å². The first-order chi connectivity index (χ1) is 14.4. The molecule has 1 heterocycles. The summed E-state index contributed by atoms with van der Waals surface area (Å²) in [6, 6.07) is 16.8. The number of rotatable bonds is 9. The summed E-state index contributed by atoms with van der Waals surface area (Å²) in [5.41, 5.74) is 1.52. The molecule has 30 heavy (non-hydrogen) atoms. The fourth-order valence-corrected chi connectivity index (χ4v) is 3.00. The van der Waals surface area contributed by atoms with Gasteiger partial charge in [-0.2, -0.15) is 0 Å². The molecule has 2 aromatic carbocycles. The quantitative estimate of drug-likeness (QED) is 0.453. The number of oxazole rings is 1. The molecule has 0 saturated heterocycles. The number of nitrogens with one attached hydrogen (secondary N) is 2. The van der Waals surface area contributed by atoms with Crippen LogP contribution in [0.5, 0.6) is 5.75 Å². The van der Waals surface area contributed by atoms with E-state index in [-0.39, 0.29) is 5.71 Å². The van der Waals surface area contributed by atoms with Crippen molar-refractivity contribution < 1.29 is 19.1 Å². The second kappa shape index (κ2) is 9.17. The molecular formula is C23H23N3O4. The van der Waals surface area contributed by atoms with E-state index in [1.807, 2.05) is 37.3 Å². The van der Waals surface area contributed by atoms with Gasteiger partial charge in [-0.05, 0) is 36.8 Å². The molecule has 3 aromatic rings. The molecule has 0 amide bonds. The lowest BCUT2D eigenvalue weighted by Crippen LogP contribution is -2.26. The van der Waals surface area contributed by atoms with Crippen molar-refractivity contribution in [2.45, 2.75) is 26.2 Å². The van der Waals surface area contributed by atoms with E-state index in [1.54, 1.807) is 31.2 Å². The van der Waals surface area contributed by atoms with Gasteiger partial charge in [0, 0.05) is 17.9 Å². The van der Waals surface area contributed by atoms with Crippen molar-refractivity contribution >= 4 is 17.4 Å². The van der Waals surface area contributed by atoms with E-state index >= 15 is 0 Å². The molecule has 7 heteroatoms. The first-order valence-electron chi connectivity index (χ1n) is 9.52. The summed E-state index contributed by atoms with van der Waals surface area (Å²) < 4.78 is 11.6. The van der Waals surface area contributed by atoms with E-state index in [4.69, 9.17) is 25.1 Å². The van der Waals surface area contributed by atoms with Crippen LogP contribution < -0.4 is 4.74 Å². The molecule has 0 aliphatic rings. The van der Waals surface area contributed by atoms with Gasteiger partial charge in [0.1, 0.15) is 11.5 Å². The third-order valence-electron chi connectivity index (χ3n) is 4.80. The number of benzene rings is 2. The molecule has 7 nitrogen and oxygen atoms in total. The third kappa shape index (κ3) is 4.81. The Kier molecular flexibility index (Phi) is 6.41. The lowest BCUT2D eigenvalue weighted by atomic mass is 9.93. The van der Waals surface area contributed by atoms with E-state index in [0.717, 1.165) is 17.0 Å². The number of hydrogen-bond acceptors (Lipinski definition) is 6. The summed E-state index contributed by atoms with van der Waals surface area (Å²) in [5, 5.41) is 24.3. The number of aliphatic carboxylic acids is 1. The topological polar surface area (TPSA) is 120 Å². The standard InChI is InChI=1S/C23H23N3O4/c1-14(20(24)21(25)23(27)28)17-9-6-10-18(13-17)29-12-11-19-15(2)30-22(26-19)16-7-4-3-5-8-16/h3-10,13-14,24-25H,11-12H2,1-2H3,(H,27,28). The maximum atomic E-state index is 10.9. The zero-order chi connectivity index (χ0) is 21.7. The Labute approximate surface area is 174 Å². The van der Waals surface area contributed by atoms with Gasteiger partial charge in [-0.15, -0.1) is 0 Å². The maximum absolute atomic E-state index is 10.9. The molecule has 3 rings (SSSR count). The smallest absolute Gasteiger partial charge is 0.355 e. The van der Waals surface area contributed by atoms with Crippen LogP contribution in [0.15, 0.2) is 59.0 Å². The maximum Gasteiger partial charge on any atom is 0.355 e. The summed E-state index contributed by atoms with van der Waals surface area (Å²) in [7, 11) is 0. The van der Waals surface area contributed by atoms with Crippen molar-refractivity contribution in [1.29, 1.82) is 10.8 Å². The van der Waals surface area contributed by atoms with Gasteiger partial charge in [-0.1, -0.05) is 37.3 Å². The molecule has 154 valence electrons. The van der Waals surface area contributed by atoms with Gasteiger partial charge in [0.15, 0.2) is 5.71 Å².